The van der Waals surface area contributed by atoms with Gasteiger partial charge >= 0.3 is 18.0 Å². The lowest BCUT2D eigenvalue weighted by Crippen LogP contribution is -2.46. The zero-order valence-corrected chi connectivity index (χ0v) is 10.5. The highest BCUT2D eigenvalue weighted by atomic mass is 19.4. The van der Waals surface area contributed by atoms with E-state index in [0.717, 1.165) is 6.20 Å². The summed E-state index contributed by atoms with van der Waals surface area (Å²) in [6, 6.07) is 5.72. The molecule has 1 heterocycles. The number of aromatic nitrogens is 1. The van der Waals surface area contributed by atoms with Crippen LogP contribution in [0.4, 0.5) is 22.0 Å². The summed E-state index contributed by atoms with van der Waals surface area (Å²) < 4.78 is 63.6. The van der Waals surface area contributed by atoms with Gasteiger partial charge in [-0.3, -0.25) is 9.36 Å². The normalized spacial score (nSPS) is 12.9. The van der Waals surface area contributed by atoms with Gasteiger partial charge in [-0.1, -0.05) is 18.2 Å². The molecule has 0 aliphatic heterocycles. The second kappa shape index (κ2) is 5.10. The van der Waals surface area contributed by atoms with Gasteiger partial charge in [0, 0.05) is 18.2 Å². The van der Waals surface area contributed by atoms with E-state index in [1.54, 1.807) is 6.07 Å². The molecule has 2 aromatic rings. The maximum atomic E-state index is 13.2. The number of rotatable bonds is 3. The molecule has 0 unspecified atom stereocenters. The van der Waals surface area contributed by atoms with Crippen molar-refractivity contribution in [3.05, 3.63) is 36.0 Å². The van der Waals surface area contributed by atoms with Crippen LogP contribution in [-0.4, -0.2) is 34.3 Å². The van der Waals surface area contributed by atoms with Gasteiger partial charge in [0.2, 0.25) is 0 Å². The second-order valence-electron chi connectivity index (χ2n) is 4.39. The summed E-state index contributed by atoms with van der Waals surface area (Å²) in [6.45, 7) is -0.322. The van der Waals surface area contributed by atoms with Crippen molar-refractivity contribution in [3.8, 4) is 0 Å². The molecule has 0 amide bonds. The monoisotopic (exact) mass is 307 g/mol. The van der Waals surface area contributed by atoms with Gasteiger partial charge in [0.1, 0.15) is 0 Å². The van der Waals surface area contributed by atoms with Crippen LogP contribution in [0.5, 0.6) is 0 Å². The Hall–Kier alpha value is -1.96. The third kappa shape index (κ3) is 2.51. The summed E-state index contributed by atoms with van der Waals surface area (Å²) >= 11 is 0. The average molecular weight is 307 g/mol. The predicted molar refractivity (Wildman–Crippen MR) is 64.4 cm³/mol. The average Bonchev–Trinajstić information content (AvgIpc) is 2.76. The number of fused-ring (bicyclic) bond motifs is 1. The van der Waals surface area contributed by atoms with Crippen LogP contribution in [0, 0.1) is 0 Å². The van der Waals surface area contributed by atoms with Gasteiger partial charge in [-0.2, -0.15) is 22.0 Å². The molecule has 114 valence electrons. The van der Waals surface area contributed by atoms with Crippen LogP contribution in [-0.2, 0) is 6.42 Å². The fraction of sp³-hybridized carbons (Fsp3) is 0.308. The number of hydrogen-bond donors (Lipinski definition) is 1. The molecular weight excluding hydrogens is 297 g/mol. The zero-order chi connectivity index (χ0) is 15.8. The topological polar surface area (TPSA) is 42.2 Å². The fourth-order valence-electron chi connectivity index (χ4n) is 2.01. The summed E-state index contributed by atoms with van der Waals surface area (Å²) in [4.78, 5) is 11.6. The minimum absolute atomic E-state index is 0.0401. The first-order valence-corrected chi connectivity index (χ1v) is 5.89. The molecule has 1 aromatic carbocycles. The van der Waals surface area contributed by atoms with Gasteiger partial charge in [-0.25, -0.2) is 0 Å². The molecule has 0 saturated heterocycles. The molecule has 0 saturated carbocycles. The van der Waals surface area contributed by atoms with E-state index in [0.29, 0.717) is 10.9 Å². The number of nitrogens with zero attached hydrogens (tertiary/aromatic N) is 1. The van der Waals surface area contributed by atoms with Gasteiger partial charge in [-0.05, 0) is 18.1 Å². The molecule has 8 heteroatoms. The summed E-state index contributed by atoms with van der Waals surface area (Å²) in [6.07, 6.45) is -5.02. The van der Waals surface area contributed by atoms with Crippen LogP contribution in [0.25, 0.3) is 10.9 Å². The largest absolute Gasteiger partial charge is 0.463 e. The first kappa shape index (κ1) is 15.4. The number of benzene rings is 1. The zero-order valence-electron chi connectivity index (χ0n) is 10.5. The Kier molecular flexibility index (Phi) is 3.75. The number of aliphatic hydroxyl groups excluding tert-OH is 1. The van der Waals surface area contributed by atoms with Crippen LogP contribution in [0.3, 0.4) is 0 Å². The third-order valence-corrected chi connectivity index (χ3v) is 3.02. The van der Waals surface area contributed by atoms with Crippen molar-refractivity contribution < 1.29 is 31.9 Å². The van der Waals surface area contributed by atoms with Crippen molar-refractivity contribution in [3.63, 3.8) is 0 Å². The number of halogens is 5. The van der Waals surface area contributed by atoms with Crippen molar-refractivity contribution in [2.45, 2.75) is 18.5 Å². The van der Waals surface area contributed by atoms with Crippen molar-refractivity contribution in [1.29, 1.82) is 0 Å². The number of hydrogen-bond acceptors (Lipinski definition) is 2. The smallest absolute Gasteiger partial charge is 0.396 e. The molecule has 0 spiro atoms. The molecule has 0 aliphatic carbocycles. The van der Waals surface area contributed by atoms with Crippen LogP contribution >= 0.6 is 0 Å². The van der Waals surface area contributed by atoms with E-state index in [4.69, 9.17) is 5.11 Å². The van der Waals surface area contributed by atoms with Gasteiger partial charge in [0.05, 0.1) is 5.52 Å². The molecule has 2 rings (SSSR count). The lowest BCUT2D eigenvalue weighted by molar-refractivity contribution is -0.257. The van der Waals surface area contributed by atoms with Crippen LogP contribution in [0.1, 0.15) is 10.4 Å². The Morgan fingerprint density at radius 3 is 2.33 bits per heavy atom. The molecule has 1 aromatic heterocycles. The van der Waals surface area contributed by atoms with Crippen LogP contribution in [0.15, 0.2) is 30.5 Å². The summed E-state index contributed by atoms with van der Waals surface area (Å²) in [5.41, 5.74) is 0.259. The minimum atomic E-state index is -5.97. The highest BCUT2D eigenvalue weighted by Crippen LogP contribution is 2.37. The van der Waals surface area contributed by atoms with Gasteiger partial charge in [0.15, 0.2) is 0 Å². The van der Waals surface area contributed by atoms with Crippen molar-refractivity contribution in [2.24, 2.45) is 0 Å². The van der Waals surface area contributed by atoms with E-state index in [2.05, 4.69) is 0 Å². The Balaban J connectivity index is 2.59. The molecule has 21 heavy (non-hydrogen) atoms. The van der Waals surface area contributed by atoms with Gasteiger partial charge < -0.3 is 5.11 Å². The van der Waals surface area contributed by atoms with E-state index in [1.807, 2.05) is 0 Å². The third-order valence-electron chi connectivity index (χ3n) is 3.02. The van der Waals surface area contributed by atoms with E-state index in [9.17, 15) is 26.7 Å². The maximum absolute atomic E-state index is 13.2. The summed E-state index contributed by atoms with van der Waals surface area (Å²) in [5.74, 6) is -7.85. The van der Waals surface area contributed by atoms with Gasteiger partial charge in [0.25, 0.3) is 0 Å². The van der Waals surface area contributed by atoms with Crippen molar-refractivity contribution in [1.82, 2.24) is 4.57 Å². The lowest BCUT2D eigenvalue weighted by Gasteiger charge is -2.18. The van der Waals surface area contributed by atoms with E-state index in [-0.39, 0.29) is 23.1 Å². The van der Waals surface area contributed by atoms with Crippen LogP contribution in [0.2, 0.25) is 0 Å². The minimum Gasteiger partial charge on any atom is -0.396 e. The Morgan fingerprint density at radius 1 is 1.14 bits per heavy atom. The SMILES string of the molecule is O=C(n1cc(CCO)c2ccccc21)C(F)(F)C(F)(F)F. The number of carbonyl (C=O) groups is 1. The second-order valence-corrected chi connectivity index (χ2v) is 4.39. The van der Waals surface area contributed by atoms with Gasteiger partial charge in [-0.15, -0.1) is 0 Å². The molecule has 0 atom stereocenters. The van der Waals surface area contributed by atoms with E-state index >= 15 is 0 Å². The maximum Gasteiger partial charge on any atom is 0.463 e. The molecule has 3 nitrogen and oxygen atoms in total. The predicted octanol–water partition coefficient (Wildman–Crippen LogP) is 3.01. The Bertz CT molecular complexity index is 675. The van der Waals surface area contributed by atoms with Crippen LogP contribution < -0.4 is 0 Å². The summed E-state index contributed by atoms with van der Waals surface area (Å²) in [7, 11) is 0. The number of aliphatic hydroxyl groups is 1. The lowest BCUT2D eigenvalue weighted by atomic mass is 10.1. The molecule has 1 N–H and O–H groups in total. The van der Waals surface area contributed by atoms with E-state index < -0.39 is 18.0 Å². The molecule has 0 fully saturated rings. The first-order valence-electron chi connectivity index (χ1n) is 5.89. The molecule has 0 aliphatic rings. The van der Waals surface area contributed by atoms with Crippen molar-refractivity contribution in [2.75, 3.05) is 6.61 Å². The Morgan fingerprint density at radius 2 is 1.76 bits per heavy atom. The first-order chi connectivity index (χ1) is 9.70. The van der Waals surface area contributed by atoms with E-state index in [1.165, 1.54) is 18.2 Å². The Labute approximate surface area is 115 Å². The highest BCUT2D eigenvalue weighted by molar-refractivity contribution is 5.97. The summed E-state index contributed by atoms with van der Waals surface area (Å²) in [5, 5.41) is 9.24. The number of para-hydroxylation sites is 1. The molecule has 0 bridgehead atoms. The molecule has 0 radical (unpaired) electrons. The number of alkyl halides is 5. The standard InChI is InChI=1S/C13H10F5NO2/c14-12(15,13(16,17)18)11(21)19-7-8(5-6-20)9-3-1-2-4-10(9)19/h1-4,7,20H,5-6H2. The highest BCUT2D eigenvalue weighted by Gasteiger charge is 2.64. The fourth-order valence-corrected chi connectivity index (χ4v) is 2.01. The quantitative estimate of drug-likeness (QED) is 0.886. The molecular formula is C13H10F5NO2. The van der Waals surface area contributed by atoms with Crippen molar-refractivity contribution >= 4 is 16.8 Å². The number of carbonyl (C=O) groups excluding carboxylic acids is 1.